The van der Waals surface area contributed by atoms with Gasteiger partial charge in [-0.2, -0.15) is 0 Å². The fourth-order valence-corrected chi connectivity index (χ4v) is 2.61. The van der Waals surface area contributed by atoms with Crippen molar-refractivity contribution in [1.29, 1.82) is 0 Å². The van der Waals surface area contributed by atoms with E-state index in [0.717, 1.165) is 24.2 Å². The summed E-state index contributed by atoms with van der Waals surface area (Å²) in [4.78, 5) is 14.6. The van der Waals surface area contributed by atoms with Gasteiger partial charge in [-0.05, 0) is 37.8 Å². The SMILES string of the molecule is CNc1ccccc1C(=O)N1CC(C)CCC1C. The van der Waals surface area contributed by atoms with E-state index in [-0.39, 0.29) is 5.91 Å². The molecule has 1 fully saturated rings. The zero-order chi connectivity index (χ0) is 13.1. The molecule has 3 nitrogen and oxygen atoms in total. The van der Waals surface area contributed by atoms with E-state index in [2.05, 4.69) is 19.2 Å². The molecule has 0 radical (unpaired) electrons. The van der Waals surface area contributed by atoms with Crippen LogP contribution in [0.5, 0.6) is 0 Å². The second kappa shape index (κ2) is 5.42. The van der Waals surface area contributed by atoms with Gasteiger partial charge < -0.3 is 10.2 Å². The van der Waals surface area contributed by atoms with Gasteiger partial charge in [-0.15, -0.1) is 0 Å². The van der Waals surface area contributed by atoms with Crippen LogP contribution in [0.3, 0.4) is 0 Å². The van der Waals surface area contributed by atoms with Crippen LogP contribution in [0.15, 0.2) is 24.3 Å². The third-order valence-electron chi connectivity index (χ3n) is 3.81. The normalized spacial score (nSPS) is 23.8. The summed E-state index contributed by atoms with van der Waals surface area (Å²) < 4.78 is 0. The molecule has 0 spiro atoms. The lowest BCUT2D eigenvalue weighted by Crippen LogP contribution is -2.45. The number of piperidine rings is 1. The van der Waals surface area contributed by atoms with Crippen LogP contribution in [-0.4, -0.2) is 30.4 Å². The van der Waals surface area contributed by atoms with E-state index in [0.29, 0.717) is 12.0 Å². The molecule has 98 valence electrons. The number of para-hydroxylation sites is 1. The summed E-state index contributed by atoms with van der Waals surface area (Å²) in [5, 5.41) is 3.09. The minimum absolute atomic E-state index is 0.152. The Kier molecular flexibility index (Phi) is 3.90. The minimum atomic E-state index is 0.152. The lowest BCUT2D eigenvalue weighted by molar-refractivity contribution is 0.0575. The Morgan fingerprint density at radius 3 is 2.72 bits per heavy atom. The summed E-state index contributed by atoms with van der Waals surface area (Å²) in [6.45, 7) is 5.24. The summed E-state index contributed by atoms with van der Waals surface area (Å²) in [6.07, 6.45) is 2.33. The number of rotatable bonds is 2. The first-order valence-electron chi connectivity index (χ1n) is 6.71. The van der Waals surface area contributed by atoms with E-state index in [9.17, 15) is 4.79 Å². The highest BCUT2D eigenvalue weighted by atomic mass is 16.2. The van der Waals surface area contributed by atoms with Crippen molar-refractivity contribution < 1.29 is 4.79 Å². The number of carbonyl (C=O) groups excluding carboxylic acids is 1. The van der Waals surface area contributed by atoms with Crippen molar-refractivity contribution in [2.24, 2.45) is 5.92 Å². The van der Waals surface area contributed by atoms with E-state index in [1.807, 2.05) is 36.2 Å². The van der Waals surface area contributed by atoms with Gasteiger partial charge in [-0.25, -0.2) is 0 Å². The molecular formula is C15H22N2O. The molecule has 0 bridgehead atoms. The molecule has 1 aliphatic heterocycles. The van der Waals surface area contributed by atoms with Crippen molar-refractivity contribution in [3.8, 4) is 0 Å². The highest BCUT2D eigenvalue weighted by Crippen LogP contribution is 2.25. The van der Waals surface area contributed by atoms with Crippen LogP contribution in [-0.2, 0) is 0 Å². The lowest BCUT2D eigenvalue weighted by atomic mass is 9.94. The van der Waals surface area contributed by atoms with Crippen molar-refractivity contribution in [2.45, 2.75) is 32.7 Å². The Hall–Kier alpha value is -1.51. The molecule has 1 heterocycles. The Labute approximate surface area is 109 Å². The van der Waals surface area contributed by atoms with Crippen LogP contribution in [0.1, 0.15) is 37.0 Å². The predicted molar refractivity (Wildman–Crippen MR) is 74.9 cm³/mol. The van der Waals surface area contributed by atoms with Gasteiger partial charge in [-0.1, -0.05) is 19.1 Å². The van der Waals surface area contributed by atoms with E-state index in [1.54, 1.807) is 0 Å². The maximum Gasteiger partial charge on any atom is 0.256 e. The Bertz CT molecular complexity index is 430. The van der Waals surface area contributed by atoms with Crippen LogP contribution < -0.4 is 5.32 Å². The van der Waals surface area contributed by atoms with Gasteiger partial charge in [0.2, 0.25) is 0 Å². The molecule has 1 amide bonds. The molecule has 0 saturated carbocycles. The molecule has 1 aromatic rings. The van der Waals surface area contributed by atoms with E-state index >= 15 is 0 Å². The smallest absolute Gasteiger partial charge is 0.256 e. The summed E-state index contributed by atoms with van der Waals surface area (Å²) in [6, 6.07) is 8.07. The summed E-state index contributed by atoms with van der Waals surface area (Å²) in [5.74, 6) is 0.755. The van der Waals surface area contributed by atoms with Crippen LogP contribution in [0.2, 0.25) is 0 Å². The van der Waals surface area contributed by atoms with Crippen molar-refractivity contribution in [2.75, 3.05) is 18.9 Å². The van der Waals surface area contributed by atoms with E-state index in [4.69, 9.17) is 0 Å². The summed E-state index contributed by atoms with van der Waals surface area (Å²) in [5.41, 5.74) is 1.69. The lowest BCUT2D eigenvalue weighted by Gasteiger charge is -2.37. The number of amides is 1. The topological polar surface area (TPSA) is 32.3 Å². The predicted octanol–water partition coefficient (Wildman–Crippen LogP) is 2.99. The highest BCUT2D eigenvalue weighted by Gasteiger charge is 2.28. The fraction of sp³-hybridized carbons (Fsp3) is 0.533. The van der Waals surface area contributed by atoms with Gasteiger partial charge in [0, 0.05) is 25.3 Å². The monoisotopic (exact) mass is 246 g/mol. The van der Waals surface area contributed by atoms with Gasteiger partial charge in [0.1, 0.15) is 0 Å². The summed E-state index contributed by atoms with van der Waals surface area (Å²) >= 11 is 0. The van der Waals surface area contributed by atoms with E-state index < -0.39 is 0 Å². The largest absolute Gasteiger partial charge is 0.387 e. The van der Waals surface area contributed by atoms with Crippen LogP contribution >= 0.6 is 0 Å². The number of carbonyl (C=O) groups is 1. The first kappa shape index (κ1) is 12.9. The number of nitrogens with one attached hydrogen (secondary N) is 1. The zero-order valence-corrected chi connectivity index (χ0v) is 11.4. The third kappa shape index (κ3) is 2.50. The number of anilines is 1. The first-order valence-corrected chi connectivity index (χ1v) is 6.71. The molecule has 1 aliphatic rings. The molecule has 2 unspecified atom stereocenters. The maximum absolute atomic E-state index is 12.6. The second-order valence-electron chi connectivity index (χ2n) is 5.28. The van der Waals surface area contributed by atoms with Crippen LogP contribution in [0.25, 0.3) is 0 Å². The van der Waals surface area contributed by atoms with Gasteiger partial charge in [0.15, 0.2) is 0 Å². The molecule has 18 heavy (non-hydrogen) atoms. The Balaban J connectivity index is 2.24. The van der Waals surface area contributed by atoms with Crippen LogP contribution in [0, 0.1) is 5.92 Å². The average molecular weight is 246 g/mol. The molecule has 3 heteroatoms. The quantitative estimate of drug-likeness (QED) is 0.870. The first-order chi connectivity index (χ1) is 8.63. The summed E-state index contributed by atoms with van der Waals surface area (Å²) in [7, 11) is 1.86. The molecule has 1 aromatic carbocycles. The molecule has 0 aromatic heterocycles. The number of hydrogen-bond acceptors (Lipinski definition) is 2. The number of hydrogen-bond donors (Lipinski definition) is 1. The highest BCUT2D eigenvalue weighted by molar-refractivity contribution is 5.99. The molecular weight excluding hydrogens is 224 g/mol. The molecule has 1 saturated heterocycles. The van der Waals surface area contributed by atoms with Crippen LogP contribution in [0.4, 0.5) is 5.69 Å². The van der Waals surface area contributed by atoms with Gasteiger partial charge >= 0.3 is 0 Å². The van der Waals surface area contributed by atoms with Gasteiger partial charge in [0.25, 0.3) is 5.91 Å². The molecule has 0 aliphatic carbocycles. The van der Waals surface area contributed by atoms with E-state index in [1.165, 1.54) is 6.42 Å². The molecule has 1 N–H and O–H groups in total. The Morgan fingerprint density at radius 1 is 1.28 bits per heavy atom. The third-order valence-corrected chi connectivity index (χ3v) is 3.81. The van der Waals surface area contributed by atoms with Crippen molar-refractivity contribution in [3.05, 3.63) is 29.8 Å². The second-order valence-corrected chi connectivity index (χ2v) is 5.28. The average Bonchev–Trinajstić information content (AvgIpc) is 2.40. The molecule has 2 rings (SSSR count). The van der Waals surface area contributed by atoms with Crippen molar-refractivity contribution >= 4 is 11.6 Å². The van der Waals surface area contributed by atoms with Gasteiger partial charge in [0.05, 0.1) is 5.56 Å². The van der Waals surface area contributed by atoms with Crippen molar-refractivity contribution in [1.82, 2.24) is 4.90 Å². The maximum atomic E-state index is 12.6. The Morgan fingerprint density at radius 2 is 2.00 bits per heavy atom. The number of benzene rings is 1. The molecule has 2 atom stereocenters. The standard InChI is InChI=1S/C15H22N2O/c1-11-8-9-12(2)17(10-11)15(18)13-6-4-5-7-14(13)16-3/h4-7,11-12,16H,8-10H2,1-3H3. The number of nitrogens with zero attached hydrogens (tertiary/aromatic N) is 1. The fourth-order valence-electron chi connectivity index (χ4n) is 2.61. The zero-order valence-electron chi connectivity index (χ0n) is 11.4. The van der Waals surface area contributed by atoms with Crippen molar-refractivity contribution in [3.63, 3.8) is 0 Å². The minimum Gasteiger partial charge on any atom is -0.387 e. The van der Waals surface area contributed by atoms with Gasteiger partial charge in [-0.3, -0.25) is 4.79 Å². The number of likely N-dealkylation sites (tertiary alicyclic amines) is 1.